The van der Waals surface area contributed by atoms with Crippen LogP contribution in [0.1, 0.15) is 17.4 Å². The fourth-order valence-corrected chi connectivity index (χ4v) is 1.96. The van der Waals surface area contributed by atoms with Gasteiger partial charge < -0.3 is 29.4 Å². The first kappa shape index (κ1) is 7.69. The number of aryl methyl sites for hydroxylation is 1. The minimum Gasteiger partial charge on any atom is -0.427 e. The summed E-state index contributed by atoms with van der Waals surface area (Å²) in [6, 6.07) is 1.99. The van der Waals surface area contributed by atoms with E-state index in [0.29, 0.717) is 0 Å². The number of rotatable bonds is 2. The first-order valence-electron chi connectivity index (χ1n) is 3.08. The van der Waals surface area contributed by atoms with E-state index < -0.39 is 0 Å². The Bertz CT molecular complexity index is 240. The number of hydrogen-bond donors (Lipinski definition) is 1. The second kappa shape index (κ2) is 3.12. The molecule has 0 fully saturated rings. The third-order valence-corrected chi connectivity index (χ3v) is 2.86. The van der Waals surface area contributed by atoms with Crippen LogP contribution in [0, 0.1) is 5.41 Å². The Morgan fingerprint density at radius 2 is 2.50 bits per heavy atom. The van der Waals surface area contributed by atoms with E-state index in [0.717, 1.165) is 16.2 Å². The molecule has 1 nitrogen and oxygen atoms in total. The number of thiophene rings is 1. The van der Waals surface area contributed by atoms with E-state index in [1.807, 2.05) is 6.07 Å². The Labute approximate surface area is 70.0 Å². The van der Waals surface area contributed by atoms with Gasteiger partial charge in [0.15, 0.2) is 0 Å². The molecule has 0 spiro atoms. The summed E-state index contributed by atoms with van der Waals surface area (Å²) in [5, 5.41) is 6.99. The first-order chi connectivity index (χ1) is 4.77. The van der Waals surface area contributed by atoms with E-state index in [-0.39, 0.29) is 0 Å². The molecule has 0 amide bonds. The maximum Gasteiger partial charge on any atom is 0.0240 e. The van der Waals surface area contributed by atoms with E-state index >= 15 is 0 Å². The molecular formula is C7H8NS2-. The summed E-state index contributed by atoms with van der Waals surface area (Å²) in [6.45, 7) is 2.09. The fraction of sp³-hybridized carbons (Fsp3) is 0.286. The van der Waals surface area contributed by atoms with Crippen molar-refractivity contribution in [3.8, 4) is 0 Å². The maximum atomic E-state index is 6.99. The molecule has 0 aliphatic carbocycles. The molecule has 0 aliphatic heterocycles. The average molecular weight is 170 g/mol. The molecule has 0 atom stereocenters. The standard InChI is InChI=1S/C7H9NS2/c1-2-6-3-5(4-8)7(9)10-6/h3-4,8-9H,2H2,1H3/p-1. The molecule has 1 aromatic heterocycles. The predicted molar refractivity (Wildman–Crippen MR) is 47.2 cm³/mol. The van der Waals surface area contributed by atoms with E-state index in [2.05, 4.69) is 6.92 Å². The lowest BCUT2D eigenvalue weighted by Crippen LogP contribution is -1.74. The highest BCUT2D eigenvalue weighted by Crippen LogP contribution is 2.20. The minimum atomic E-state index is 0.840. The van der Waals surface area contributed by atoms with Crippen LogP contribution >= 0.6 is 11.3 Å². The van der Waals surface area contributed by atoms with Crippen LogP contribution in [-0.4, -0.2) is 6.21 Å². The van der Waals surface area contributed by atoms with Crippen molar-refractivity contribution >= 4 is 30.2 Å². The van der Waals surface area contributed by atoms with Gasteiger partial charge in [-0.05, 0) is 12.0 Å². The quantitative estimate of drug-likeness (QED) is 0.534. The van der Waals surface area contributed by atoms with Gasteiger partial charge in [0.1, 0.15) is 0 Å². The summed E-state index contributed by atoms with van der Waals surface area (Å²) < 4.78 is 0.840. The zero-order valence-electron chi connectivity index (χ0n) is 5.68. The summed E-state index contributed by atoms with van der Waals surface area (Å²) in [7, 11) is 0. The van der Waals surface area contributed by atoms with Crippen LogP contribution < -0.4 is 0 Å². The van der Waals surface area contributed by atoms with Gasteiger partial charge in [-0.2, -0.15) is 0 Å². The highest BCUT2D eigenvalue weighted by molar-refractivity contribution is 7.62. The summed E-state index contributed by atoms with van der Waals surface area (Å²) in [5.41, 5.74) is 0.886. The molecule has 54 valence electrons. The van der Waals surface area contributed by atoms with E-state index in [4.69, 9.17) is 18.0 Å². The van der Waals surface area contributed by atoms with Gasteiger partial charge in [0.25, 0.3) is 0 Å². The third kappa shape index (κ3) is 1.36. The summed E-state index contributed by atoms with van der Waals surface area (Å²) in [5.74, 6) is 0. The van der Waals surface area contributed by atoms with Gasteiger partial charge in [0, 0.05) is 6.21 Å². The zero-order valence-corrected chi connectivity index (χ0v) is 7.31. The summed E-state index contributed by atoms with van der Waals surface area (Å²) in [4.78, 5) is 1.27. The Kier molecular flexibility index (Phi) is 2.40. The molecule has 0 bridgehead atoms. The van der Waals surface area contributed by atoms with Crippen molar-refractivity contribution < 1.29 is 0 Å². The first-order valence-corrected chi connectivity index (χ1v) is 4.30. The molecule has 1 rings (SSSR count). The van der Waals surface area contributed by atoms with Crippen LogP contribution in [-0.2, 0) is 19.0 Å². The van der Waals surface area contributed by atoms with Crippen molar-refractivity contribution in [2.24, 2.45) is 0 Å². The second-order valence-corrected chi connectivity index (χ2v) is 3.76. The van der Waals surface area contributed by atoms with Gasteiger partial charge in [-0.1, -0.05) is 17.9 Å². The van der Waals surface area contributed by atoms with Crippen molar-refractivity contribution in [2.45, 2.75) is 17.6 Å². The van der Waals surface area contributed by atoms with Crippen molar-refractivity contribution in [1.82, 2.24) is 0 Å². The molecule has 1 N–H and O–H groups in total. The van der Waals surface area contributed by atoms with Gasteiger partial charge in [0.2, 0.25) is 0 Å². The third-order valence-electron chi connectivity index (χ3n) is 1.28. The molecule has 1 aromatic rings. The molecule has 0 saturated carbocycles. The highest BCUT2D eigenvalue weighted by atomic mass is 32.2. The lowest BCUT2D eigenvalue weighted by Gasteiger charge is -1.95. The molecule has 0 radical (unpaired) electrons. The SMILES string of the molecule is CCc1cc(C=N)c([S-])s1. The van der Waals surface area contributed by atoms with Gasteiger partial charge in [-0.15, -0.1) is 4.21 Å². The highest BCUT2D eigenvalue weighted by Gasteiger charge is 1.91. The van der Waals surface area contributed by atoms with Crippen LogP contribution in [0.5, 0.6) is 0 Å². The topological polar surface area (TPSA) is 23.9 Å². The van der Waals surface area contributed by atoms with Gasteiger partial charge >= 0.3 is 0 Å². The largest absolute Gasteiger partial charge is 0.427 e. The Hall–Kier alpha value is -0.410. The van der Waals surface area contributed by atoms with Crippen LogP contribution in [0.15, 0.2) is 10.3 Å². The van der Waals surface area contributed by atoms with Gasteiger partial charge in [0.05, 0.1) is 0 Å². The minimum absolute atomic E-state index is 0.840. The molecule has 3 heteroatoms. The normalized spacial score (nSPS) is 9.70. The molecule has 0 aromatic carbocycles. The van der Waals surface area contributed by atoms with Crippen LogP contribution in [0.2, 0.25) is 0 Å². The van der Waals surface area contributed by atoms with Crippen LogP contribution in [0.4, 0.5) is 0 Å². The van der Waals surface area contributed by atoms with E-state index in [9.17, 15) is 0 Å². The Morgan fingerprint density at radius 3 is 2.80 bits per heavy atom. The number of nitrogens with one attached hydrogen (secondary N) is 1. The maximum absolute atomic E-state index is 6.99. The van der Waals surface area contributed by atoms with Crippen molar-refractivity contribution in [3.63, 3.8) is 0 Å². The van der Waals surface area contributed by atoms with Crippen molar-refractivity contribution in [2.75, 3.05) is 0 Å². The molecule has 0 saturated heterocycles. The zero-order chi connectivity index (χ0) is 7.56. The smallest absolute Gasteiger partial charge is 0.0240 e. The molecule has 0 unspecified atom stereocenters. The fourth-order valence-electron chi connectivity index (χ4n) is 0.715. The van der Waals surface area contributed by atoms with E-state index in [1.165, 1.54) is 11.1 Å². The van der Waals surface area contributed by atoms with Gasteiger partial charge in [-0.3, -0.25) is 0 Å². The lowest BCUT2D eigenvalue weighted by molar-refractivity contribution is 1.19. The van der Waals surface area contributed by atoms with Crippen molar-refractivity contribution in [1.29, 1.82) is 5.41 Å². The lowest BCUT2D eigenvalue weighted by atomic mass is 10.3. The summed E-state index contributed by atoms with van der Waals surface area (Å²) >= 11 is 6.61. The Balaban J connectivity index is 3.03. The van der Waals surface area contributed by atoms with Gasteiger partial charge in [-0.25, -0.2) is 0 Å². The average Bonchev–Trinajstić information content (AvgIpc) is 2.30. The molecule has 0 aliphatic rings. The molecule has 10 heavy (non-hydrogen) atoms. The molecular weight excluding hydrogens is 162 g/mol. The monoisotopic (exact) mass is 170 g/mol. The van der Waals surface area contributed by atoms with Crippen molar-refractivity contribution in [3.05, 3.63) is 16.5 Å². The van der Waals surface area contributed by atoms with Crippen LogP contribution in [0.3, 0.4) is 0 Å². The van der Waals surface area contributed by atoms with Crippen LogP contribution in [0.25, 0.3) is 0 Å². The number of hydrogen-bond acceptors (Lipinski definition) is 3. The van der Waals surface area contributed by atoms with E-state index in [1.54, 1.807) is 11.3 Å². The predicted octanol–water partition coefficient (Wildman–Crippen LogP) is 2.21. The second-order valence-electron chi connectivity index (χ2n) is 1.95. The molecule has 1 heterocycles. The Morgan fingerprint density at radius 1 is 1.80 bits per heavy atom. The summed E-state index contributed by atoms with van der Waals surface area (Å²) in [6.07, 6.45) is 2.33.